The SMILES string of the molecule is C/C=C/c1ccccc1.CCOC(=O)C1OCOC1C(=O)OCC. The Morgan fingerprint density at radius 2 is 1.54 bits per heavy atom. The van der Waals surface area contributed by atoms with E-state index in [1.54, 1.807) is 13.8 Å². The second kappa shape index (κ2) is 11.4. The molecular formula is C18H24O6. The molecule has 0 saturated carbocycles. The molecular weight excluding hydrogens is 312 g/mol. The summed E-state index contributed by atoms with van der Waals surface area (Å²) in [6.45, 7) is 5.72. The van der Waals surface area contributed by atoms with Gasteiger partial charge in [0.25, 0.3) is 0 Å². The van der Waals surface area contributed by atoms with Crippen LogP contribution < -0.4 is 0 Å². The maximum absolute atomic E-state index is 11.3. The van der Waals surface area contributed by atoms with Crippen molar-refractivity contribution in [3.63, 3.8) is 0 Å². The van der Waals surface area contributed by atoms with Crippen LogP contribution in [0.15, 0.2) is 36.4 Å². The second-order valence-electron chi connectivity index (χ2n) is 4.71. The van der Waals surface area contributed by atoms with Crippen LogP contribution in [0.5, 0.6) is 0 Å². The smallest absolute Gasteiger partial charge is 0.338 e. The van der Waals surface area contributed by atoms with Crippen LogP contribution in [0.4, 0.5) is 0 Å². The number of benzene rings is 1. The summed E-state index contributed by atoms with van der Waals surface area (Å²) >= 11 is 0. The fourth-order valence-electron chi connectivity index (χ4n) is 1.95. The molecule has 0 aliphatic carbocycles. The molecule has 1 aliphatic heterocycles. The molecule has 0 N–H and O–H groups in total. The van der Waals surface area contributed by atoms with E-state index >= 15 is 0 Å². The lowest BCUT2D eigenvalue weighted by Crippen LogP contribution is -2.39. The summed E-state index contributed by atoms with van der Waals surface area (Å²) in [7, 11) is 0. The van der Waals surface area contributed by atoms with Gasteiger partial charge in [-0.3, -0.25) is 0 Å². The lowest BCUT2D eigenvalue weighted by atomic mass is 10.2. The van der Waals surface area contributed by atoms with Crippen molar-refractivity contribution in [2.45, 2.75) is 33.0 Å². The van der Waals surface area contributed by atoms with E-state index in [0.29, 0.717) is 0 Å². The molecule has 24 heavy (non-hydrogen) atoms. The molecule has 1 aromatic carbocycles. The highest BCUT2D eigenvalue weighted by Crippen LogP contribution is 2.16. The Kier molecular flexibility index (Phi) is 9.41. The van der Waals surface area contributed by atoms with Crippen LogP contribution in [0.2, 0.25) is 0 Å². The second-order valence-corrected chi connectivity index (χ2v) is 4.71. The molecule has 1 heterocycles. The van der Waals surface area contributed by atoms with Gasteiger partial charge in [0.2, 0.25) is 0 Å². The first-order valence-corrected chi connectivity index (χ1v) is 7.88. The Hall–Kier alpha value is -2.18. The molecule has 6 heteroatoms. The van der Waals surface area contributed by atoms with Crippen molar-refractivity contribution in [2.75, 3.05) is 20.0 Å². The number of esters is 2. The molecule has 0 bridgehead atoms. The Morgan fingerprint density at radius 1 is 1.04 bits per heavy atom. The molecule has 1 aliphatic rings. The van der Waals surface area contributed by atoms with Crippen molar-refractivity contribution in [1.82, 2.24) is 0 Å². The van der Waals surface area contributed by atoms with E-state index in [9.17, 15) is 9.59 Å². The number of rotatable bonds is 5. The van der Waals surface area contributed by atoms with Gasteiger partial charge < -0.3 is 18.9 Å². The maximum atomic E-state index is 11.3. The van der Waals surface area contributed by atoms with Gasteiger partial charge in [-0.15, -0.1) is 0 Å². The number of carbonyl (C=O) groups excluding carboxylic acids is 2. The van der Waals surface area contributed by atoms with Crippen LogP contribution in [-0.4, -0.2) is 44.2 Å². The number of carbonyl (C=O) groups is 2. The van der Waals surface area contributed by atoms with E-state index < -0.39 is 24.1 Å². The maximum Gasteiger partial charge on any atom is 0.338 e. The lowest BCUT2D eigenvalue weighted by Gasteiger charge is -2.13. The van der Waals surface area contributed by atoms with Gasteiger partial charge in [-0.1, -0.05) is 42.5 Å². The van der Waals surface area contributed by atoms with Gasteiger partial charge in [0, 0.05) is 0 Å². The van der Waals surface area contributed by atoms with Gasteiger partial charge in [-0.25, -0.2) is 9.59 Å². The minimum Gasteiger partial charge on any atom is -0.464 e. The predicted octanol–water partition coefficient (Wildman–Crippen LogP) is 2.57. The minimum absolute atomic E-state index is 0.104. The molecule has 0 amide bonds. The zero-order valence-corrected chi connectivity index (χ0v) is 14.3. The van der Waals surface area contributed by atoms with E-state index in [0.717, 1.165) is 0 Å². The van der Waals surface area contributed by atoms with Crippen LogP contribution in [-0.2, 0) is 28.5 Å². The molecule has 2 rings (SSSR count). The van der Waals surface area contributed by atoms with Gasteiger partial charge >= 0.3 is 11.9 Å². The highest BCUT2D eigenvalue weighted by atomic mass is 16.7. The molecule has 2 atom stereocenters. The molecule has 1 saturated heterocycles. The normalized spacial score (nSPS) is 19.5. The van der Waals surface area contributed by atoms with Crippen molar-refractivity contribution in [2.24, 2.45) is 0 Å². The van der Waals surface area contributed by atoms with E-state index in [-0.39, 0.29) is 20.0 Å². The number of hydrogen-bond acceptors (Lipinski definition) is 6. The lowest BCUT2D eigenvalue weighted by molar-refractivity contribution is -0.163. The van der Waals surface area contributed by atoms with E-state index in [2.05, 4.69) is 18.2 Å². The van der Waals surface area contributed by atoms with Crippen LogP contribution in [0.3, 0.4) is 0 Å². The molecule has 0 aromatic heterocycles. The standard InChI is InChI=1S/C9H14O6.C9H10/c1-3-12-8(10)6-7(15-5-14-6)9(11)13-4-2;1-2-6-9-7-4-3-5-8-9/h6-7H,3-5H2,1-2H3;2-8H,1H3/b;6-2+. The number of allylic oxidation sites excluding steroid dienone is 1. The van der Waals surface area contributed by atoms with Crippen LogP contribution in [0.1, 0.15) is 26.3 Å². The zero-order chi connectivity index (χ0) is 17.8. The fraction of sp³-hybridized carbons (Fsp3) is 0.444. The van der Waals surface area contributed by atoms with Gasteiger partial charge in [-0.05, 0) is 26.3 Å². The Morgan fingerprint density at radius 3 is 1.96 bits per heavy atom. The van der Waals surface area contributed by atoms with Crippen molar-refractivity contribution in [3.8, 4) is 0 Å². The van der Waals surface area contributed by atoms with Gasteiger partial charge in [-0.2, -0.15) is 0 Å². The van der Waals surface area contributed by atoms with Gasteiger partial charge in [0.1, 0.15) is 6.79 Å². The topological polar surface area (TPSA) is 71.1 Å². The predicted molar refractivity (Wildman–Crippen MR) is 89.0 cm³/mol. The van der Waals surface area contributed by atoms with Crippen molar-refractivity contribution in [1.29, 1.82) is 0 Å². The zero-order valence-electron chi connectivity index (χ0n) is 14.3. The van der Waals surface area contributed by atoms with E-state index in [1.165, 1.54) is 5.56 Å². The quantitative estimate of drug-likeness (QED) is 0.770. The molecule has 0 radical (unpaired) electrons. The average molecular weight is 336 g/mol. The summed E-state index contributed by atoms with van der Waals surface area (Å²) in [5, 5.41) is 0. The summed E-state index contributed by atoms with van der Waals surface area (Å²) < 4.78 is 19.4. The fourth-order valence-corrected chi connectivity index (χ4v) is 1.95. The summed E-state index contributed by atoms with van der Waals surface area (Å²) in [5.74, 6) is -1.21. The molecule has 1 fully saturated rings. The summed E-state index contributed by atoms with van der Waals surface area (Å²) in [6.07, 6.45) is 2.10. The highest BCUT2D eigenvalue weighted by Gasteiger charge is 2.42. The van der Waals surface area contributed by atoms with Crippen molar-refractivity contribution < 1.29 is 28.5 Å². The molecule has 132 valence electrons. The Balaban J connectivity index is 0.000000272. The monoisotopic (exact) mass is 336 g/mol. The average Bonchev–Trinajstić information content (AvgIpc) is 3.07. The van der Waals surface area contributed by atoms with Crippen molar-refractivity contribution in [3.05, 3.63) is 42.0 Å². The molecule has 6 nitrogen and oxygen atoms in total. The number of hydrogen-bond donors (Lipinski definition) is 0. The third-order valence-corrected chi connectivity index (χ3v) is 2.97. The third-order valence-electron chi connectivity index (χ3n) is 2.97. The number of ether oxygens (including phenoxy) is 4. The molecule has 1 aromatic rings. The molecule has 0 spiro atoms. The first-order valence-electron chi connectivity index (χ1n) is 7.88. The summed E-state index contributed by atoms with van der Waals surface area (Å²) in [5.41, 5.74) is 1.26. The first kappa shape index (κ1) is 19.9. The van der Waals surface area contributed by atoms with Crippen molar-refractivity contribution >= 4 is 18.0 Å². The molecule has 2 unspecified atom stereocenters. The summed E-state index contributed by atoms with van der Waals surface area (Å²) in [6, 6.07) is 10.3. The third kappa shape index (κ3) is 6.52. The van der Waals surface area contributed by atoms with Crippen LogP contribution in [0, 0.1) is 0 Å². The van der Waals surface area contributed by atoms with E-state index in [1.807, 2.05) is 31.2 Å². The largest absolute Gasteiger partial charge is 0.464 e. The van der Waals surface area contributed by atoms with Gasteiger partial charge in [0.15, 0.2) is 12.2 Å². The van der Waals surface area contributed by atoms with Crippen LogP contribution >= 0.6 is 0 Å². The Labute approximate surface area is 142 Å². The first-order chi connectivity index (χ1) is 11.6. The minimum atomic E-state index is -1.01. The van der Waals surface area contributed by atoms with Crippen LogP contribution in [0.25, 0.3) is 6.08 Å². The highest BCUT2D eigenvalue weighted by molar-refractivity contribution is 5.86. The summed E-state index contributed by atoms with van der Waals surface area (Å²) in [4.78, 5) is 22.7. The van der Waals surface area contributed by atoms with Gasteiger partial charge in [0.05, 0.1) is 13.2 Å². The van der Waals surface area contributed by atoms with E-state index in [4.69, 9.17) is 18.9 Å². The Bertz CT molecular complexity index is 502.